The molecule has 2 aliphatic heterocycles. The van der Waals surface area contributed by atoms with E-state index in [9.17, 15) is 4.79 Å². The first kappa shape index (κ1) is 16.6. The second-order valence-electron chi connectivity index (χ2n) is 7.61. The molecule has 8 heteroatoms. The summed E-state index contributed by atoms with van der Waals surface area (Å²) in [4.78, 5) is 18.5. The number of nitrogens with zero attached hydrogens (tertiary/aromatic N) is 4. The standard InChI is InChI=1S/C19H23N5O3/c20-17(25)9-18-21-19(5-6-23-10-12-1-2-13(23)7-12)24(22-18)14-3-4-15-16(8-14)27-11-26-15/h3-4,8,12-13H,1-2,5-7,9-11H2,(H2,20,25)/t12-,13+/m0/s1. The number of benzene rings is 1. The number of piperidine rings is 1. The summed E-state index contributed by atoms with van der Waals surface area (Å²) >= 11 is 0. The Hall–Kier alpha value is -2.61. The van der Waals surface area contributed by atoms with E-state index in [2.05, 4.69) is 15.0 Å². The summed E-state index contributed by atoms with van der Waals surface area (Å²) in [6, 6.07) is 6.42. The lowest BCUT2D eigenvalue weighted by Gasteiger charge is -2.26. The van der Waals surface area contributed by atoms with Gasteiger partial charge in [-0.3, -0.25) is 9.69 Å². The molecule has 1 saturated carbocycles. The third-order valence-electron chi connectivity index (χ3n) is 5.80. The van der Waals surface area contributed by atoms with E-state index in [0.717, 1.165) is 42.2 Å². The van der Waals surface area contributed by atoms with Crippen molar-refractivity contribution >= 4 is 5.91 Å². The number of aromatic nitrogens is 3. The molecule has 1 aliphatic carbocycles. The quantitative estimate of drug-likeness (QED) is 0.818. The van der Waals surface area contributed by atoms with Gasteiger partial charge in [-0.2, -0.15) is 5.10 Å². The van der Waals surface area contributed by atoms with Crippen molar-refractivity contribution in [2.24, 2.45) is 11.7 Å². The number of rotatable bonds is 6. The van der Waals surface area contributed by atoms with Crippen LogP contribution in [0.1, 0.15) is 30.9 Å². The molecular formula is C19H23N5O3. The fourth-order valence-electron chi connectivity index (χ4n) is 4.55. The van der Waals surface area contributed by atoms with E-state index in [1.807, 2.05) is 18.2 Å². The number of hydrogen-bond acceptors (Lipinski definition) is 6. The summed E-state index contributed by atoms with van der Waals surface area (Å²) in [5, 5.41) is 4.53. The van der Waals surface area contributed by atoms with E-state index >= 15 is 0 Å². The highest BCUT2D eigenvalue weighted by molar-refractivity contribution is 5.75. The maximum atomic E-state index is 11.3. The first-order chi connectivity index (χ1) is 13.2. The minimum Gasteiger partial charge on any atom is -0.454 e. The van der Waals surface area contributed by atoms with E-state index in [0.29, 0.717) is 11.6 Å². The molecule has 8 nitrogen and oxygen atoms in total. The predicted molar refractivity (Wildman–Crippen MR) is 96.8 cm³/mol. The first-order valence-electron chi connectivity index (χ1n) is 9.53. The number of amides is 1. The van der Waals surface area contributed by atoms with Crippen LogP contribution in [-0.4, -0.2) is 51.5 Å². The molecule has 1 aromatic heterocycles. The molecule has 0 unspecified atom stereocenters. The number of likely N-dealkylation sites (tertiary alicyclic amines) is 1. The van der Waals surface area contributed by atoms with Crippen molar-refractivity contribution < 1.29 is 14.3 Å². The summed E-state index contributed by atoms with van der Waals surface area (Å²) in [5.74, 6) is 3.16. The van der Waals surface area contributed by atoms with Crippen LogP contribution in [0.3, 0.4) is 0 Å². The van der Waals surface area contributed by atoms with Crippen molar-refractivity contribution in [1.82, 2.24) is 19.7 Å². The Labute approximate surface area is 157 Å². The molecule has 3 heterocycles. The minimum absolute atomic E-state index is 0.0406. The molecule has 2 bridgehead atoms. The second kappa shape index (κ2) is 6.53. The Morgan fingerprint density at radius 2 is 2.15 bits per heavy atom. The Kier molecular flexibility index (Phi) is 4.00. The third kappa shape index (κ3) is 3.14. The van der Waals surface area contributed by atoms with Crippen LogP contribution in [0.4, 0.5) is 0 Å². The Morgan fingerprint density at radius 3 is 2.93 bits per heavy atom. The lowest BCUT2D eigenvalue weighted by molar-refractivity contribution is -0.117. The smallest absolute Gasteiger partial charge is 0.231 e. The Bertz CT molecular complexity index is 880. The van der Waals surface area contributed by atoms with E-state index in [1.165, 1.54) is 25.8 Å². The van der Waals surface area contributed by atoms with Gasteiger partial charge in [0.15, 0.2) is 17.3 Å². The van der Waals surface area contributed by atoms with Gasteiger partial charge >= 0.3 is 0 Å². The maximum absolute atomic E-state index is 11.3. The van der Waals surface area contributed by atoms with E-state index < -0.39 is 5.91 Å². The van der Waals surface area contributed by atoms with Crippen LogP contribution in [-0.2, 0) is 17.6 Å². The zero-order valence-electron chi connectivity index (χ0n) is 15.1. The predicted octanol–water partition coefficient (Wildman–Crippen LogP) is 1.05. The molecule has 1 amide bonds. The molecule has 1 aromatic carbocycles. The lowest BCUT2D eigenvalue weighted by atomic mass is 10.1. The van der Waals surface area contributed by atoms with Gasteiger partial charge in [-0.25, -0.2) is 9.67 Å². The molecule has 0 spiro atoms. The zero-order chi connectivity index (χ0) is 18.4. The van der Waals surface area contributed by atoms with E-state index in [4.69, 9.17) is 15.2 Å². The Balaban J connectivity index is 1.40. The fraction of sp³-hybridized carbons (Fsp3) is 0.526. The van der Waals surface area contributed by atoms with Crippen LogP contribution in [0.15, 0.2) is 18.2 Å². The number of carbonyl (C=O) groups is 1. The number of fused-ring (bicyclic) bond motifs is 3. The highest BCUT2D eigenvalue weighted by atomic mass is 16.7. The Morgan fingerprint density at radius 1 is 1.26 bits per heavy atom. The van der Waals surface area contributed by atoms with Crippen LogP contribution in [0.25, 0.3) is 5.69 Å². The number of carbonyl (C=O) groups excluding carboxylic acids is 1. The first-order valence-corrected chi connectivity index (χ1v) is 9.53. The zero-order valence-corrected chi connectivity index (χ0v) is 15.1. The highest BCUT2D eigenvalue weighted by Crippen LogP contribution is 2.37. The summed E-state index contributed by atoms with van der Waals surface area (Å²) in [5.41, 5.74) is 6.19. The van der Waals surface area contributed by atoms with E-state index in [-0.39, 0.29) is 13.2 Å². The van der Waals surface area contributed by atoms with Gasteiger partial charge in [-0.15, -0.1) is 0 Å². The molecular weight excluding hydrogens is 346 g/mol. The minimum atomic E-state index is -0.429. The molecule has 3 aliphatic rings. The van der Waals surface area contributed by atoms with Crippen LogP contribution < -0.4 is 15.2 Å². The number of ether oxygens (including phenoxy) is 2. The van der Waals surface area contributed by atoms with Gasteiger partial charge in [0.05, 0.1) is 12.1 Å². The van der Waals surface area contributed by atoms with Gasteiger partial charge in [-0.1, -0.05) is 0 Å². The molecule has 27 heavy (non-hydrogen) atoms. The van der Waals surface area contributed by atoms with Crippen molar-refractivity contribution in [3.8, 4) is 17.2 Å². The molecule has 2 N–H and O–H groups in total. The number of nitrogens with two attached hydrogens (primary N) is 1. The van der Waals surface area contributed by atoms with Gasteiger partial charge in [-0.05, 0) is 37.3 Å². The van der Waals surface area contributed by atoms with Crippen molar-refractivity contribution in [3.05, 3.63) is 29.8 Å². The van der Waals surface area contributed by atoms with Gasteiger partial charge in [0, 0.05) is 31.6 Å². The van der Waals surface area contributed by atoms with Crippen LogP contribution in [0, 0.1) is 5.92 Å². The van der Waals surface area contributed by atoms with Crippen molar-refractivity contribution in [3.63, 3.8) is 0 Å². The summed E-state index contributed by atoms with van der Waals surface area (Å²) in [6.07, 6.45) is 4.84. The second-order valence-corrected chi connectivity index (χ2v) is 7.61. The van der Waals surface area contributed by atoms with Crippen molar-refractivity contribution in [2.75, 3.05) is 19.9 Å². The SMILES string of the molecule is NC(=O)Cc1nc(CCN2C[C@H]3CC[C@@H]2C3)n(-c2ccc3c(c2)OCO3)n1. The molecule has 142 valence electrons. The largest absolute Gasteiger partial charge is 0.454 e. The number of primary amides is 1. The van der Waals surface area contributed by atoms with Crippen LogP contribution in [0.2, 0.25) is 0 Å². The molecule has 1 saturated heterocycles. The van der Waals surface area contributed by atoms with E-state index in [1.54, 1.807) is 4.68 Å². The molecule has 2 aromatic rings. The summed E-state index contributed by atoms with van der Waals surface area (Å²) in [6.45, 7) is 2.38. The maximum Gasteiger partial charge on any atom is 0.231 e. The van der Waals surface area contributed by atoms with Gasteiger partial charge in [0.2, 0.25) is 12.7 Å². The van der Waals surface area contributed by atoms with Gasteiger partial charge in [0.1, 0.15) is 5.82 Å². The lowest BCUT2D eigenvalue weighted by Crippen LogP contribution is -2.34. The van der Waals surface area contributed by atoms with Crippen LogP contribution in [0.5, 0.6) is 11.5 Å². The van der Waals surface area contributed by atoms with Gasteiger partial charge in [0.25, 0.3) is 0 Å². The van der Waals surface area contributed by atoms with Crippen LogP contribution >= 0.6 is 0 Å². The normalized spacial score (nSPS) is 23.3. The third-order valence-corrected chi connectivity index (χ3v) is 5.80. The average molecular weight is 369 g/mol. The fourth-order valence-corrected chi connectivity index (χ4v) is 4.55. The highest BCUT2D eigenvalue weighted by Gasteiger charge is 2.37. The molecule has 2 fully saturated rings. The topological polar surface area (TPSA) is 95.5 Å². The average Bonchev–Trinajstić information content (AvgIpc) is 3.42. The van der Waals surface area contributed by atoms with Crippen molar-refractivity contribution in [1.29, 1.82) is 0 Å². The van der Waals surface area contributed by atoms with Crippen molar-refractivity contribution in [2.45, 2.75) is 38.1 Å². The monoisotopic (exact) mass is 369 g/mol. The summed E-state index contributed by atoms with van der Waals surface area (Å²) in [7, 11) is 0. The number of hydrogen-bond donors (Lipinski definition) is 1. The molecule has 2 atom stereocenters. The summed E-state index contributed by atoms with van der Waals surface area (Å²) < 4.78 is 12.7. The van der Waals surface area contributed by atoms with Gasteiger partial charge < -0.3 is 15.2 Å². The molecule has 0 radical (unpaired) electrons. The molecule has 5 rings (SSSR count).